The highest BCUT2D eigenvalue weighted by Crippen LogP contribution is 2.40. The summed E-state index contributed by atoms with van der Waals surface area (Å²) < 4.78 is 26.3. The summed E-state index contributed by atoms with van der Waals surface area (Å²) in [6.07, 6.45) is 1.82. The number of benzene rings is 3. The second-order valence-corrected chi connectivity index (χ2v) is 10.8. The van der Waals surface area contributed by atoms with Crippen molar-refractivity contribution in [2.24, 2.45) is 0 Å². The Hall–Kier alpha value is -2.83. The maximum Gasteiger partial charge on any atom is 0.262 e. The third kappa shape index (κ3) is 4.60. The fourth-order valence-corrected chi connectivity index (χ4v) is 6.13. The number of aryl methyl sites for hydroxylation is 3. The van der Waals surface area contributed by atoms with E-state index in [0.29, 0.717) is 10.6 Å². The summed E-state index contributed by atoms with van der Waals surface area (Å²) in [5.74, 6) is -0.239. The zero-order valence-corrected chi connectivity index (χ0v) is 19.2. The Morgan fingerprint density at radius 1 is 0.935 bits per heavy atom. The van der Waals surface area contributed by atoms with E-state index in [2.05, 4.69) is 5.32 Å². The Morgan fingerprint density at radius 2 is 1.61 bits per heavy atom. The van der Waals surface area contributed by atoms with Gasteiger partial charge in [0.1, 0.15) is 0 Å². The number of thioether (sulfide) groups is 1. The van der Waals surface area contributed by atoms with Crippen molar-refractivity contribution in [3.05, 3.63) is 93.4 Å². The second kappa shape index (κ2) is 8.36. The Labute approximate surface area is 187 Å². The fourth-order valence-electron chi connectivity index (χ4n) is 3.49. The van der Waals surface area contributed by atoms with Gasteiger partial charge in [-0.2, -0.15) is 0 Å². The number of amides is 1. The summed E-state index contributed by atoms with van der Waals surface area (Å²) in [4.78, 5) is 14.0. The van der Waals surface area contributed by atoms with Gasteiger partial charge in [0.05, 0.1) is 21.2 Å². The molecule has 1 amide bonds. The molecule has 1 aliphatic heterocycles. The van der Waals surface area contributed by atoms with Crippen molar-refractivity contribution in [2.75, 3.05) is 5.32 Å². The molecule has 0 saturated carbocycles. The van der Waals surface area contributed by atoms with Gasteiger partial charge in [-0.05, 0) is 67.3 Å². The van der Waals surface area contributed by atoms with Crippen LogP contribution in [0.1, 0.15) is 27.8 Å². The molecule has 0 atom stereocenters. The molecular formula is C25H23NO3S2. The molecule has 1 aliphatic rings. The maximum absolute atomic E-state index is 13.1. The monoisotopic (exact) mass is 449 g/mol. The molecule has 0 radical (unpaired) electrons. The van der Waals surface area contributed by atoms with Gasteiger partial charge < -0.3 is 5.32 Å². The van der Waals surface area contributed by atoms with Crippen LogP contribution in [-0.4, -0.2) is 14.3 Å². The van der Waals surface area contributed by atoms with E-state index in [0.717, 1.165) is 32.7 Å². The van der Waals surface area contributed by atoms with Crippen LogP contribution in [0.15, 0.2) is 75.4 Å². The smallest absolute Gasteiger partial charge is 0.262 e. The lowest BCUT2D eigenvalue weighted by Crippen LogP contribution is -2.17. The zero-order chi connectivity index (χ0) is 22.2. The summed E-state index contributed by atoms with van der Waals surface area (Å²) in [6.45, 7) is 5.87. The van der Waals surface area contributed by atoms with Crippen molar-refractivity contribution in [2.45, 2.75) is 36.3 Å². The average molecular weight is 450 g/mol. The van der Waals surface area contributed by atoms with Crippen molar-refractivity contribution in [1.82, 2.24) is 0 Å². The zero-order valence-electron chi connectivity index (χ0n) is 17.6. The molecule has 4 nitrogen and oxygen atoms in total. The van der Waals surface area contributed by atoms with Gasteiger partial charge in [-0.25, -0.2) is 8.42 Å². The summed E-state index contributed by atoms with van der Waals surface area (Å²) >= 11 is 1.29. The topological polar surface area (TPSA) is 63.2 Å². The minimum atomic E-state index is -3.53. The van der Waals surface area contributed by atoms with E-state index in [-0.39, 0.29) is 16.6 Å². The van der Waals surface area contributed by atoms with E-state index in [1.807, 2.05) is 69.3 Å². The van der Waals surface area contributed by atoms with Crippen molar-refractivity contribution in [1.29, 1.82) is 0 Å². The Morgan fingerprint density at radius 3 is 2.29 bits per heavy atom. The number of hydrogen-bond acceptors (Lipinski definition) is 4. The number of sulfone groups is 1. The predicted octanol–water partition coefficient (Wildman–Crippen LogP) is 5.67. The minimum absolute atomic E-state index is 0.0482. The van der Waals surface area contributed by atoms with E-state index in [9.17, 15) is 13.2 Å². The molecule has 3 aromatic carbocycles. The molecule has 1 N–H and O–H groups in total. The molecule has 158 valence electrons. The lowest BCUT2D eigenvalue weighted by atomic mass is 10.1. The number of nitrogens with one attached hydrogen (secondary N) is 1. The number of carbonyl (C=O) groups is 1. The molecule has 0 bridgehead atoms. The Bertz CT molecular complexity index is 1290. The van der Waals surface area contributed by atoms with Crippen molar-refractivity contribution < 1.29 is 13.2 Å². The van der Waals surface area contributed by atoms with E-state index in [1.54, 1.807) is 18.2 Å². The minimum Gasteiger partial charge on any atom is -0.320 e. The number of hydrogen-bond donors (Lipinski definition) is 1. The van der Waals surface area contributed by atoms with Gasteiger partial charge >= 0.3 is 0 Å². The first-order chi connectivity index (χ1) is 14.7. The van der Waals surface area contributed by atoms with Gasteiger partial charge in [0.25, 0.3) is 5.91 Å². The van der Waals surface area contributed by atoms with E-state index < -0.39 is 9.84 Å². The Balaban J connectivity index is 1.65. The lowest BCUT2D eigenvalue weighted by Gasteiger charge is -2.20. The molecule has 0 saturated heterocycles. The first-order valence-corrected chi connectivity index (χ1v) is 12.4. The highest BCUT2D eigenvalue weighted by molar-refractivity contribution is 8.04. The summed E-state index contributed by atoms with van der Waals surface area (Å²) in [5, 5.41) is 2.87. The quantitative estimate of drug-likeness (QED) is 0.521. The molecule has 0 aliphatic carbocycles. The molecule has 1 heterocycles. The van der Waals surface area contributed by atoms with Crippen LogP contribution < -0.4 is 5.32 Å². The van der Waals surface area contributed by atoms with Gasteiger partial charge in [-0.3, -0.25) is 4.79 Å². The van der Waals surface area contributed by atoms with Crippen LogP contribution in [0.5, 0.6) is 0 Å². The fraction of sp³-hybridized carbons (Fsp3) is 0.160. The van der Waals surface area contributed by atoms with Crippen molar-refractivity contribution in [3.63, 3.8) is 0 Å². The summed E-state index contributed by atoms with van der Waals surface area (Å²) in [7, 11) is -3.53. The molecule has 6 heteroatoms. The van der Waals surface area contributed by atoms with Gasteiger partial charge in [0.2, 0.25) is 0 Å². The Kier molecular flexibility index (Phi) is 5.77. The van der Waals surface area contributed by atoms with Crippen LogP contribution in [0.4, 0.5) is 5.69 Å². The molecular weight excluding hydrogens is 426 g/mol. The third-order valence-electron chi connectivity index (χ3n) is 5.36. The van der Waals surface area contributed by atoms with E-state index >= 15 is 0 Å². The van der Waals surface area contributed by atoms with Crippen LogP contribution in [0.2, 0.25) is 0 Å². The van der Waals surface area contributed by atoms with Gasteiger partial charge in [0, 0.05) is 4.90 Å². The molecule has 4 rings (SSSR count). The lowest BCUT2D eigenvalue weighted by molar-refractivity contribution is -0.112. The number of rotatable bonds is 4. The van der Waals surface area contributed by atoms with E-state index in [1.165, 1.54) is 11.8 Å². The molecule has 0 unspecified atom stereocenters. The van der Waals surface area contributed by atoms with Crippen LogP contribution in [0, 0.1) is 20.8 Å². The standard InChI is InChI=1S/C25H23NO3S2/c1-16-7-9-19(10-8-16)13-24-25(27)26-22-12-11-20(14-23(22)30-24)31(28,29)15-21-17(2)5-4-6-18(21)3/h4-14H,15H2,1-3H3,(H,26,27)/b24-13-. The van der Waals surface area contributed by atoms with Crippen molar-refractivity contribution >= 4 is 39.3 Å². The van der Waals surface area contributed by atoms with Gasteiger partial charge in [0.15, 0.2) is 9.84 Å². The van der Waals surface area contributed by atoms with Crippen molar-refractivity contribution in [3.8, 4) is 0 Å². The molecule has 0 fully saturated rings. The number of anilines is 1. The molecule has 3 aromatic rings. The molecule has 0 spiro atoms. The SMILES string of the molecule is Cc1ccc(/C=C2\Sc3cc(S(=O)(=O)Cc4c(C)cccc4C)ccc3NC2=O)cc1. The normalized spacial score (nSPS) is 14.9. The predicted molar refractivity (Wildman–Crippen MR) is 127 cm³/mol. The average Bonchev–Trinajstić information content (AvgIpc) is 2.73. The number of fused-ring (bicyclic) bond motifs is 1. The maximum atomic E-state index is 13.1. The highest BCUT2D eigenvalue weighted by atomic mass is 32.2. The summed E-state index contributed by atoms with van der Waals surface area (Å²) in [5.41, 5.74) is 5.46. The van der Waals surface area contributed by atoms with Crippen LogP contribution in [0.3, 0.4) is 0 Å². The molecule has 31 heavy (non-hydrogen) atoms. The van der Waals surface area contributed by atoms with E-state index in [4.69, 9.17) is 0 Å². The van der Waals surface area contributed by atoms with Gasteiger partial charge in [-0.15, -0.1) is 0 Å². The largest absolute Gasteiger partial charge is 0.320 e. The highest BCUT2D eigenvalue weighted by Gasteiger charge is 2.25. The summed E-state index contributed by atoms with van der Waals surface area (Å²) in [6, 6.07) is 18.6. The first kappa shape index (κ1) is 21.4. The van der Waals surface area contributed by atoms with Gasteiger partial charge in [-0.1, -0.05) is 59.8 Å². The first-order valence-electron chi connectivity index (χ1n) is 9.92. The third-order valence-corrected chi connectivity index (χ3v) is 8.08. The van der Waals surface area contributed by atoms with Crippen LogP contribution >= 0.6 is 11.8 Å². The second-order valence-electron chi connectivity index (χ2n) is 7.76. The number of carbonyl (C=O) groups excluding carboxylic acids is 1. The van der Waals surface area contributed by atoms with Crippen LogP contribution in [0.25, 0.3) is 6.08 Å². The van der Waals surface area contributed by atoms with Crippen LogP contribution in [-0.2, 0) is 20.4 Å². The molecule has 0 aromatic heterocycles.